The topological polar surface area (TPSA) is 35.5 Å². The summed E-state index contributed by atoms with van der Waals surface area (Å²) in [4.78, 5) is 11.6. The highest BCUT2D eigenvalue weighted by Crippen LogP contribution is 2.24. The minimum Gasteiger partial charge on any atom is -0.494 e. The van der Waals surface area contributed by atoms with Gasteiger partial charge in [0.05, 0.1) is 12.7 Å². The van der Waals surface area contributed by atoms with Crippen LogP contribution in [-0.4, -0.2) is 12.9 Å². The van der Waals surface area contributed by atoms with Crippen molar-refractivity contribution in [3.05, 3.63) is 58.9 Å². The fourth-order valence-corrected chi connectivity index (χ4v) is 2.03. The van der Waals surface area contributed by atoms with Gasteiger partial charge >= 0.3 is 0 Å². The zero-order chi connectivity index (χ0) is 15.4. The number of halogens is 1. The summed E-state index contributed by atoms with van der Waals surface area (Å²) in [5, 5.41) is 0. The minimum atomic E-state index is -0.448. The summed E-state index contributed by atoms with van der Waals surface area (Å²) in [6.45, 7) is 3.41. The summed E-state index contributed by atoms with van der Waals surface area (Å²) < 4.78 is 24.6. The standard InChI is InChI=1S/C17H17FO3/c1-11-7-8-15(14(9-11)12(2)19)21-10-13-5-4-6-16(20-3)17(13)18/h4-9H,10H2,1-3H3. The molecule has 0 unspecified atom stereocenters. The van der Waals surface area contributed by atoms with Crippen LogP contribution in [0.4, 0.5) is 4.39 Å². The Hall–Kier alpha value is -2.36. The normalized spacial score (nSPS) is 10.3. The van der Waals surface area contributed by atoms with E-state index in [1.165, 1.54) is 14.0 Å². The van der Waals surface area contributed by atoms with Crippen molar-refractivity contribution in [3.8, 4) is 11.5 Å². The first-order valence-corrected chi connectivity index (χ1v) is 6.58. The van der Waals surface area contributed by atoms with Crippen LogP contribution in [0.3, 0.4) is 0 Å². The number of hydrogen-bond acceptors (Lipinski definition) is 3. The number of aryl methyl sites for hydroxylation is 1. The van der Waals surface area contributed by atoms with Gasteiger partial charge in [0, 0.05) is 5.56 Å². The quantitative estimate of drug-likeness (QED) is 0.782. The molecule has 0 bridgehead atoms. The highest BCUT2D eigenvalue weighted by Gasteiger charge is 2.12. The maximum Gasteiger partial charge on any atom is 0.171 e. The lowest BCUT2D eigenvalue weighted by atomic mass is 10.1. The molecule has 0 saturated heterocycles. The minimum absolute atomic E-state index is 0.0341. The molecule has 0 saturated carbocycles. The highest BCUT2D eigenvalue weighted by atomic mass is 19.1. The van der Waals surface area contributed by atoms with E-state index in [0.717, 1.165) is 5.56 Å². The van der Waals surface area contributed by atoms with Crippen LogP contribution in [0.25, 0.3) is 0 Å². The van der Waals surface area contributed by atoms with Gasteiger partial charge in [-0.1, -0.05) is 23.8 Å². The van der Waals surface area contributed by atoms with E-state index in [-0.39, 0.29) is 18.1 Å². The summed E-state index contributed by atoms with van der Waals surface area (Å²) in [7, 11) is 1.41. The van der Waals surface area contributed by atoms with E-state index in [0.29, 0.717) is 16.9 Å². The second-order valence-corrected chi connectivity index (χ2v) is 4.78. The largest absolute Gasteiger partial charge is 0.494 e. The highest BCUT2D eigenvalue weighted by molar-refractivity contribution is 5.97. The van der Waals surface area contributed by atoms with Gasteiger partial charge in [0.2, 0.25) is 0 Å². The molecule has 0 heterocycles. The number of ketones is 1. The first-order valence-electron chi connectivity index (χ1n) is 6.58. The molecule has 2 rings (SSSR count). The second kappa shape index (κ2) is 6.39. The van der Waals surface area contributed by atoms with Gasteiger partial charge < -0.3 is 9.47 Å². The summed E-state index contributed by atoms with van der Waals surface area (Å²) in [6, 6.07) is 10.2. The molecule has 2 aromatic carbocycles. The molecule has 3 nitrogen and oxygen atoms in total. The fourth-order valence-electron chi connectivity index (χ4n) is 2.03. The molecule has 21 heavy (non-hydrogen) atoms. The average Bonchev–Trinajstić information content (AvgIpc) is 2.47. The van der Waals surface area contributed by atoms with Crippen LogP contribution >= 0.6 is 0 Å². The number of ether oxygens (including phenoxy) is 2. The van der Waals surface area contributed by atoms with Crippen molar-refractivity contribution in [2.24, 2.45) is 0 Å². The molecule has 0 radical (unpaired) electrons. The van der Waals surface area contributed by atoms with Gasteiger partial charge in [0.25, 0.3) is 0 Å². The van der Waals surface area contributed by atoms with Crippen molar-refractivity contribution in [1.29, 1.82) is 0 Å². The Balaban J connectivity index is 2.23. The molecule has 0 fully saturated rings. The van der Waals surface area contributed by atoms with E-state index in [4.69, 9.17) is 9.47 Å². The van der Waals surface area contributed by atoms with Crippen LogP contribution in [-0.2, 0) is 6.61 Å². The number of methoxy groups -OCH3 is 1. The van der Waals surface area contributed by atoms with E-state index in [2.05, 4.69) is 0 Å². The summed E-state index contributed by atoms with van der Waals surface area (Å²) >= 11 is 0. The molecular formula is C17H17FO3. The third-order valence-corrected chi connectivity index (χ3v) is 3.16. The van der Waals surface area contributed by atoms with Gasteiger partial charge in [0.1, 0.15) is 12.4 Å². The predicted octanol–water partition coefficient (Wildman–Crippen LogP) is 3.92. The van der Waals surface area contributed by atoms with Crippen molar-refractivity contribution < 1.29 is 18.7 Å². The zero-order valence-corrected chi connectivity index (χ0v) is 12.3. The van der Waals surface area contributed by atoms with Gasteiger partial charge in [-0.2, -0.15) is 0 Å². The second-order valence-electron chi connectivity index (χ2n) is 4.78. The third-order valence-electron chi connectivity index (χ3n) is 3.16. The van der Waals surface area contributed by atoms with E-state index < -0.39 is 5.82 Å². The van der Waals surface area contributed by atoms with Gasteiger partial charge in [0.15, 0.2) is 17.3 Å². The Bertz CT molecular complexity index is 665. The van der Waals surface area contributed by atoms with E-state index in [1.54, 1.807) is 30.3 Å². The molecule has 0 atom stereocenters. The Morgan fingerprint density at radius 3 is 2.62 bits per heavy atom. The lowest BCUT2D eigenvalue weighted by Gasteiger charge is -2.12. The summed E-state index contributed by atoms with van der Waals surface area (Å²) in [5.74, 6) is 0.0958. The van der Waals surface area contributed by atoms with Crippen molar-refractivity contribution in [2.75, 3.05) is 7.11 Å². The summed E-state index contributed by atoms with van der Waals surface area (Å²) in [5.41, 5.74) is 1.85. The molecular weight excluding hydrogens is 271 g/mol. The van der Waals surface area contributed by atoms with Crippen LogP contribution in [0, 0.1) is 12.7 Å². The molecule has 110 valence electrons. The summed E-state index contributed by atoms with van der Waals surface area (Å²) in [6.07, 6.45) is 0. The number of rotatable bonds is 5. The number of carbonyl (C=O) groups is 1. The lowest BCUT2D eigenvalue weighted by Crippen LogP contribution is -2.04. The zero-order valence-electron chi connectivity index (χ0n) is 12.3. The van der Waals surface area contributed by atoms with Gasteiger partial charge in [-0.25, -0.2) is 4.39 Å². The van der Waals surface area contributed by atoms with Crippen molar-refractivity contribution in [3.63, 3.8) is 0 Å². The third kappa shape index (κ3) is 3.40. The monoisotopic (exact) mass is 288 g/mol. The molecule has 0 N–H and O–H groups in total. The van der Waals surface area contributed by atoms with E-state index in [9.17, 15) is 9.18 Å². The number of hydrogen-bond donors (Lipinski definition) is 0. The number of Topliss-reactive ketones (excluding diaryl/α,β-unsaturated/α-hetero) is 1. The van der Waals surface area contributed by atoms with E-state index in [1.807, 2.05) is 13.0 Å². The first kappa shape index (κ1) is 15.0. The van der Waals surface area contributed by atoms with Crippen LogP contribution < -0.4 is 9.47 Å². The number of carbonyl (C=O) groups excluding carboxylic acids is 1. The fraction of sp³-hybridized carbons (Fsp3) is 0.235. The van der Waals surface area contributed by atoms with Crippen molar-refractivity contribution >= 4 is 5.78 Å². The lowest BCUT2D eigenvalue weighted by molar-refractivity contribution is 0.101. The molecule has 0 aliphatic carbocycles. The smallest absolute Gasteiger partial charge is 0.171 e. The van der Waals surface area contributed by atoms with Crippen LogP contribution in [0.1, 0.15) is 28.4 Å². The molecule has 0 spiro atoms. The van der Waals surface area contributed by atoms with Gasteiger partial charge in [-0.15, -0.1) is 0 Å². The molecule has 2 aromatic rings. The Morgan fingerprint density at radius 1 is 1.19 bits per heavy atom. The molecule has 0 aliphatic heterocycles. The van der Waals surface area contributed by atoms with Crippen LogP contribution in [0.2, 0.25) is 0 Å². The Labute approximate surface area is 123 Å². The van der Waals surface area contributed by atoms with Gasteiger partial charge in [-0.05, 0) is 32.0 Å². The maximum absolute atomic E-state index is 14.0. The maximum atomic E-state index is 14.0. The molecule has 4 heteroatoms. The Morgan fingerprint density at radius 2 is 1.95 bits per heavy atom. The number of benzene rings is 2. The van der Waals surface area contributed by atoms with Crippen LogP contribution in [0.15, 0.2) is 36.4 Å². The van der Waals surface area contributed by atoms with Crippen LogP contribution in [0.5, 0.6) is 11.5 Å². The van der Waals surface area contributed by atoms with Crippen molar-refractivity contribution in [1.82, 2.24) is 0 Å². The first-order chi connectivity index (χ1) is 10.0. The average molecular weight is 288 g/mol. The predicted molar refractivity (Wildman–Crippen MR) is 78.5 cm³/mol. The molecule has 0 aromatic heterocycles. The van der Waals surface area contributed by atoms with E-state index >= 15 is 0 Å². The van der Waals surface area contributed by atoms with Gasteiger partial charge in [-0.3, -0.25) is 4.79 Å². The SMILES string of the molecule is COc1cccc(COc2ccc(C)cc2C(C)=O)c1F. The van der Waals surface area contributed by atoms with Crippen molar-refractivity contribution in [2.45, 2.75) is 20.5 Å². The molecule has 0 amide bonds. The Kier molecular flexibility index (Phi) is 4.58. The molecule has 0 aliphatic rings.